The molecule has 8 heteroatoms. The molecule has 0 atom stereocenters. The van der Waals surface area contributed by atoms with Gasteiger partial charge < -0.3 is 0 Å². The van der Waals surface area contributed by atoms with Gasteiger partial charge >= 0.3 is 0 Å². The van der Waals surface area contributed by atoms with Crippen LogP contribution in [0.2, 0.25) is 0 Å². The lowest BCUT2D eigenvalue weighted by Crippen LogP contribution is -2.37. The third-order valence-electron chi connectivity index (χ3n) is 4.24. The van der Waals surface area contributed by atoms with Crippen LogP contribution in [0.4, 0.5) is 10.1 Å². The average molecular weight is 383 g/mol. The Morgan fingerprint density at radius 3 is 2.52 bits per heavy atom. The van der Waals surface area contributed by atoms with Crippen LogP contribution in [0.15, 0.2) is 70.7 Å². The van der Waals surface area contributed by atoms with Crippen molar-refractivity contribution < 1.29 is 17.6 Å². The maximum absolute atomic E-state index is 12.9. The fraction of sp³-hybridized carbons (Fsp3) is 0.0526. The van der Waals surface area contributed by atoms with Crippen LogP contribution < -0.4 is 9.73 Å². The van der Waals surface area contributed by atoms with E-state index in [9.17, 15) is 17.6 Å². The second kappa shape index (κ2) is 6.48. The summed E-state index contributed by atoms with van der Waals surface area (Å²) in [6, 6.07) is 15.9. The molecule has 0 aromatic heterocycles. The van der Waals surface area contributed by atoms with Crippen molar-refractivity contribution in [3.8, 4) is 0 Å². The van der Waals surface area contributed by atoms with E-state index in [-0.39, 0.29) is 10.7 Å². The van der Waals surface area contributed by atoms with Crippen LogP contribution in [0.3, 0.4) is 0 Å². The maximum Gasteiger partial charge on any atom is 0.265 e. The summed E-state index contributed by atoms with van der Waals surface area (Å²) in [4.78, 5) is 12.4. The molecule has 1 aliphatic heterocycles. The van der Waals surface area contributed by atoms with Gasteiger partial charge in [0.15, 0.2) is 0 Å². The molecule has 3 aromatic carbocycles. The minimum absolute atomic E-state index is 0.193. The number of nitrogens with one attached hydrogen (secondary N) is 1. The second-order valence-corrected chi connectivity index (χ2v) is 7.82. The van der Waals surface area contributed by atoms with Crippen LogP contribution >= 0.6 is 0 Å². The molecule has 0 unspecified atom stereocenters. The van der Waals surface area contributed by atoms with Gasteiger partial charge in [-0.2, -0.15) is 5.10 Å². The number of sulfonamides is 1. The van der Waals surface area contributed by atoms with Gasteiger partial charge in [0.25, 0.3) is 15.9 Å². The van der Waals surface area contributed by atoms with Crippen molar-refractivity contribution >= 4 is 38.6 Å². The normalized spacial score (nSPS) is 14.8. The van der Waals surface area contributed by atoms with Gasteiger partial charge in [-0.05, 0) is 35.2 Å². The first kappa shape index (κ1) is 17.2. The van der Waals surface area contributed by atoms with Gasteiger partial charge in [0.1, 0.15) is 12.4 Å². The number of hydrazone groups is 1. The lowest BCUT2D eigenvalue weighted by molar-refractivity contribution is -0.119. The number of hydrogen-bond donors (Lipinski definition) is 1. The molecule has 4 rings (SSSR count). The Morgan fingerprint density at radius 1 is 1.07 bits per heavy atom. The molecule has 0 aliphatic carbocycles. The molecule has 0 spiro atoms. The number of nitrogens with zero attached hydrogens (tertiary/aromatic N) is 2. The van der Waals surface area contributed by atoms with Crippen LogP contribution in [0.25, 0.3) is 10.8 Å². The number of carbonyl (C=O) groups excluding carboxylic acids is 1. The predicted molar refractivity (Wildman–Crippen MR) is 101 cm³/mol. The first-order chi connectivity index (χ1) is 13.0. The van der Waals surface area contributed by atoms with Crippen molar-refractivity contribution in [3.63, 3.8) is 0 Å². The van der Waals surface area contributed by atoms with Gasteiger partial charge in [-0.3, -0.25) is 9.10 Å². The fourth-order valence-corrected chi connectivity index (χ4v) is 4.69. The lowest BCUT2D eigenvalue weighted by atomic mass is 10.1. The molecule has 6 nitrogen and oxygen atoms in total. The molecule has 136 valence electrons. The predicted octanol–water partition coefficient (Wildman–Crippen LogP) is 2.64. The Kier molecular flexibility index (Phi) is 4.12. The fourth-order valence-electron chi connectivity index (χ4n) is 3.02. The lowest BCUT2D eigenvalue weighted by Gasteiger charge is -2.17. The second-order valence-electron chi connectivity index (χ2n) is 5.99. The smallest absolute Gasteiger partial charge is 0.265 e. The van der Waals surface area contributed by atoms with E-state index in [0.717, 1.165) is 9.69 Å². The van der Waals surface area contributed by atoms with E-state index in [1.807, 2.05) is 12.1 Å². The summed E-state index contributed by atoms with van der Waals surface area (Å²) in [5, 5.41) is 5.20. The maximum atomic E-state index is 12.9. The summed E-state index contributed by atoms with van der Waals surface area (Å²) in [6.07, 6.45) is 1.35. The van der Waals surface area contributed by atoms with Crippen molar-refractivity contribution in [2.75, 3.05) is 10.8 Å². The standard InChI is InChI=1S/C19H14FN3O3S/c20-15-9-7-13(8-10-15)11-21-22-18(24)12-23-16-5-1-3-14-4-2-6-17(19(14)16)27(23,25)26/h1-11H,12H2,(H,22,24)/b21-11-. The highest BCUT2D eigenvalue weighted by Gasteiger charge is 2.36. The number of hydrogen-bond acceptors (Lipinski definition) is 4. The van der Waals surface area contributed by atoms with Crippen LogP contribution in [-0.2, 0) is 14.8 Å². The Morgan fingerprint density at radius 2 is 1.78 bits per heavy atom. The number of anilines is 1. The van der Waals surface area contributed by atoms with E-state index >= 15 is 0 Å². The molecule has 1 aliphatic rings. The first-order valence-corrected chi connectivity index (χ1v) is 9.53. The summed E-state index contributed by atoms with van der Waals surface area (Å²) >= 11 is 0. The van der Waals surface area contributed by atoms with Crippen LogP contribution in [0.1, 0.15) is 5.56 Å². The summed E-state index contributed by atoms with van der Waals surface area (Å²) < 4.78 is 39.5. The highest BCUT2D eigenvalue weighted by Crippen LogP contribution is 2.41. The Balaban J connectivity index is 1.54. The van der Waals surface area contributed by atoms with Gasteiger partial charge in [0, 0.05) is 5.39 Å². The molecule has 3 aromatic rings. The Hall–Kier alpha value is -3.26. The van der Waals surface area contributed by atoms with E-state index in [1.165, 1.54) is 36.5 Å². The summed E-state index contributed by atoms with van der Waals surface area (Å²) in [5.41, 5.74) is 3.37. The molecule has 1 N–H and O–H groups in total. The third-order valence-corrected chi connectivity index (χ3v) is 6.04. The quantitative estimate of drug-likeness (QED) is 0.556. The number of benzene rings is 3. The molecule has 0 saturated heterocycles. The van der Waals surface area contributed by atoms with Crippen LogP contribution in [0, 0.1) is 5.82 Å². The molecule has 1 heterocycles. The largest absolute Gasteiger partial charge is 0.271 e. The van der Waals surface area contributed by atoms with E-state index in [1.54, 1.807) is 18.2 Å². The van der Waals surface area contributed by atoms with Gasteiger partial charge in [-0.1, -0.05) is 36.4 Å². The van der Waals surface area contributed by atoms with E-state index in [2.05, 4.69) is 10.5 Å². The SMILES string of the molecule is O=C(CN1c2cccc3cccc(c23)S1(=O)=O)N/N=C\c1ccc(F)cc1. The minimum Gasteiger partial charge on any atom is -0.271 e. The van der Waals surface area contributed by atoms with Crippen LogP contribution in [0.5, 0.6) is 0 Å². The zero-order valence-electron chi connectivity index (χ0n) is 14.0. The molecule has 0 saturated carbocycles. The number of carbonyl (C=O) groups is 1. The van der Waals surface area contributed by atoms with Crippen LogP contribution in [-0.4, -0.2) is 27.1 Å². The van der Waals surface area contributed by atoms with Gasteiger partial charge in [0.2, 0.25) is 0 Å². The van der Waals surface area contributed by atoms with Gasteiger partial charge in [0.05, 0.1) is 16.8 Å². The molecule has 1 amide bonds. The molecular weight excluding hydrogens is 369 g/mol. The molecular formula is C19H14FN3O3S. The zero-order valence-corrected chi connectivity index (χ0v) is 14.8. The highest BCUT2D eigenvalue weighted by molar-refractivity contribution is 7.93. The molecule has 0 radical (unpaired) electrons. The van der Waals surface area contributed by atoms with Gasteiger partial charge in [-0.15, -0.1) is 0 Å². The summed E-state index contributed by atoms with van der Waals surface area (Å²) in [5.74, 6) is -0.953. The topological polar surface area (TPSA) is 78.8 Å². The van der Waals surface area contributed by atoms with Crippen molar-refractivity contribution in [3.05, 3.63) is 72.0 Å². The summed E-state index contributed by atoms with van der Waals surface area (Å²) in [6.45, 7) is -0.392. The van der Waals surface area contributed by atoms with Crippen molar-refractivity contribution in [2.24, 2.45) is 5.10 Å². The number of halogens is 1. The minimum atomic E-state index is -3.80. The number of rotatable bonds is 4. The zero-order chi connectivity index (χ0) is 19.0. The van der Waals surface area contributed by atoms with Crippen molar-refractivity contribution in [1.82, 2.24) is 5.43 Å². The first-order valence-electron chi connectivity index (χ1n) is 8.09. The molecule has 0 fully saturated rings. The van der Waals surface area contributed by atoms with Crippen molar-refractivity contribution in [1.29, 1.82) is 0 Å². The monoisotopic (exact) mass is 383 g/mol. The number of amides is 1. The Labute approximate surface area is 155 Å². The van der Waals surface area contributed by atoms with Gasteiger partial charge in [-0.25, -0.2) is 18.2 Å². The summed E-state index contributed by atoms with van der Waals surface area (Å²) in [7, 11) is -3.80. The van der Waals surface area contributed by atoms with E-state index < -0.39 is 22.5 Å². The average Bonchev–Trinajstić information content (AvgIpc) is 2.87. The highest BCUT2D eigenvalue weighted by atomic mass is 32.2. The molecule has 27 heavy (non-hydrogen) atoms. The third kappa shape index (κ3) is 3.04. The Bertz CT molecular complexity index is 1170. The van der Waals surface area contributed by atoms with E-state index in [0.29, 0.717) is 16.6 Å². The van der Waals surface area contributed by atoms with E-state index in [4.69, 9.17) is 0 Å². The van der Waals surface area contributed by atoms with Crippen molar-refractivity contribution in [2.45, 2.75) is 4.90 Å². The molecule has 0 bridgehead atoms.